The van der Waals surface area contributed by atoms with Crippen LogP contribution in [0.3, 0.4) is 0 Å². The van der Waals surface area contributed by atoms with Crippen molar-refractivity contribution < 1.29 is 19.1 Å². The summed E-state index contributed by atoms with van der Waals surface area (Å²) in [6, 6.07) is 8.11. The maximum absolute atomic E-state index is 12.4. The SMILES string of the molecule is N#Cc1cccc(C(=O)N2CCC(N3C(=O)COC3=O)C2)c1. The molecule has 0 aromatic heterocycles. The second-order valence-electron chi connectivity index (χ2n) is 5.20. The molecule has 0 spiro atoms. The van der Waals surface area contributed by atoms with Gasteiger partial charge in [0.15, 0.2) is 6.61 Å². The van der Waals surface area contributed by atoms with E-state index in [9.17, 15) is 14.4 Å². The molecule has 2 saturated heterocycles. The number of imide groups is 1. The topological polar surface area (TPSA) is 90.7 Å². The van der Waals surface area contributed by atoms with Crippen LogP contribution in [0.4, 0.5) is 4.79 Å². The molecule has 1 atom stereocenters. The summed E-state index contributed by atoms with van der Waals surface area (Å²) in [5.74, 6) is -0.574. The Bertz CT molecular complexity index is 678. The Morgan fingerprint density at radius 2 is 2.18 bits per heavy atom. The highest BCUT2D eigenvalue weighted by molar-refractivity contribution is 5.98. The van der Waals surface area contributed by atoms with Crippen molar-refractivity contribution in [2.24, 2.45) is 0 Å². The minimum Gasteiger partial charge on any atom is -0.439 e. The van der Waals surface area contributed by atoms with Gasteiger partial charge < -0.3 is 9.64 Å². The molecule has 3 amide bonds. The molecule has 1 aromatic carbocycles. The fourth-order valence-corrected chi connectivity index (χ4v) is 2.76. The van der Waals surface area contributed by atoms with E-state index in [-0.39, 0.29) is 31.0 Å². The summed E-state index contributed by atoms with van der Waals surface area (Å²) in [6.07, 6.45) is -0.111. The Morgan fingerprint density at radius 1 is 1.36 bits per heavy atom. The van der Waals surface area contributed by atoms with Gasteiger partial charge in [-0.05, 0) is 24.6 Å². The number of benzene rings is 1. The van der Waals surface area contributed by atoms with Crippen LogP contribution in [0.15, 0.2) is 24.3 Å². The fourth-order valence-electron chi connectivity index (χ4n) is 2.76. The van der Waals surface area contributed by atoms with E-state index < -0.39 is 6.09 Å². The molecule has 7 heteroatoms. The first kappa shape index (κ1) is 14.1. The first-order valence-corrected chi connectivity index (χ1v) is 6.88. The summed E-state index contributed by atoms with van der Waals surface area (Å²) < 4.78 is 4.70. The Balaban J connectivity index is 1.72. The lowest BCUT2D eigenvalue weighted by Gasteiger charge is -2.20. The minimum atomic E-state index is -0.643. The van der Waals surface area contributed by atoms with Crippen molar-refractivity contribution >= 4 is 17.9 Å². The maximum atomic E-state index is 12.4. The zero-order valence-electron chi connectivity index (χ0n) is 11.7. The lowest BCUT2D eigenvalue weighted by molar-refractivity contribution is -0.127. The molecule has 1 unspecified atom stereocenters. The van der Waals surface area contributed by atoms with Gasteiger partial charge in [-0.25, -0.2) is 9.69 Å². The molecule has 22 heavy (non-hydrogen) atoms. The van der Waals surface area contributed by atoms with E-state index in [1.807, 2.05) is 6.07 Å². The van der Waals surface area contributed by atoms with E-state index >= 15 is 0 Å². The largest absolute Gasteiger partial charge is 0.439 e. The molecule has 0 aliphatic carbocycles. The minimum absolute atomic E-state index is 0.209. The smallest absolute Gasteiger partial charge is 0.417 e. The first-order chi connectivity index (χ1) is 10.6. The van der Waals surface area contributed by atoms with Gasteiger partial charge in [0.2, 0.25) is 0 Å². The van der Waals surface area contributed by atoms with Crippen LogP contribution in [0.5, 0.6) is 0 Å². The Kier molecular flexibility index (Phi) is 3.51. The lowest BCUT2D eigenvalue weighted by atomic mass is 10.1. The molecule has 2 heterocycles. The van der Waals surface area contributed by atoms with Gasteiger partial charge in [-0.2, -0.15) is 5.26 Å². The van der Waals surface area contributed by atoms with Crippen LogP contribution in [-0.4, -0.2) is 53.4 Å². The quantitative estimate of drug-likeness (QED) is 0.803. The molecular formula is C15H13N3O4. The molecule has 112 valence electrons. The van der Waals surface area contributed by atoms with E-state index in [1.54, 1.807) is 23.1 Å². The third-order valence-electron chi connectivity index (χ3n) is 3.84. The molecule has 1 aromatic rings. The van der Waals surface area contributed by atoms with E-state index in [2.05, 4.69) is 0 Å². The van der Waals surface area contributed by atoms with Crippen LogP contribution in [0, 0.1) is 11.3 Å². The van der Waals surface area contributed by atoms with E-state index in [0.29, 0.717) is 24.1 Å². The third kappa shape index (κ3) is 2.39. The molecule has 0 saturated carbocycles. The lowest BCUT2D eigenvalue weighted by Crippen LogP contribution is -2.42. The number of amides is 3. The van der Waals surface area contributed by atoms with Crippen molar-refractivity contribution in [1.82, 2.24) is 9.80 Å². The molecule has 0 radical (unpaired) electrons. The Hall–Kier alpha value is -2.88. The second kappa shape index (κ2) is 5.48. The van der Waals surface area contributed by atoms with Crippen molar-refractivity contribution in [2.45, 2.75) is 12.5 Å². The number of carbonyl (C=O) groups is 3. The maximum Gasteiger partial charge on any atom is 0.417 e. The van der Waals surface area contributed by atoms with Gasteiger partial charge in [-0.1, -0.05) is 6.07 Å². The molecule has 2 fully saturated rings. The van der Waals surface area contributed by atoms with E-state index in [4.69, 9.17) is 10.00 Å². The summed E-state index contributed by atoms with van der Waals surface area (Å²) in [5, 5.41) is 8.88. The normalized spacial score (nSPS) is 21.0. The van der Waals surface area contributed by atoms with Crippen LogP contribution in [0.2, 0.25) is 0 Å². The number of likely N-dealkylation sites (tertiary alicyclic amines) is 1. The summed E-state index contributed by atoms with van der Waals surface area (Å²) in [5.41, 5.74) is 0.843. The summed E-state index contributed by atoms with van der Waals surface area (Å²) in [7, 11) is 0. The Morgan fingerprint density at radius 3 is 2.86 bits per heavy atom. The van der Waals surface area contributed by atoms with Gasteiger partial charge in [-0.15, -0.1) is 0 Å². The number of carbonyl (C=O) groups excluding carboxylic acids is 3. The van der Waals surface area contributed by atoms with Crippen LogP contribution >= 0.6 is 0 Å². The number of hydrogen-bond acceptors (Lipinski definition) is 5. The van der Waals surface area contributed by atoms with E-state index in [0.717, 1.165) is 4.90 Å². The first-order valence-electron chi connectivity index (χ1n) is 6.88. The number of cyclic esters (lactones) is 1. The number of nitrogens with zero attached hydrogens (tertiary/aromatic N) is 3. The number of hydrogen-bond donors (Lipinski definition) is 0. The highest BCUT2D eigenvalue weighted by Gasteiger charge is 2.41. The van der Waals surface area contributed by atoms with Crippen molar-refractivity contribution in [3.05, 3.63) is 35.4 Å². The van der Waals surface area contributed by atoms with Crippen molar-refractivity contribution in [3.8, 4) is 6.07 Å². The Labute approximate surface area is 126 Å². The van der Waals surface area contributed by atoms with Crippen LogP contribution in [0.25, 0.3) is 0 Å². The van der Waals surface area contributed by atoms with Gasteiger partial charge >= 0.3 is 6.09 Å². The van der Waals surface area contributed by atoms with Crippen LogP contribution in [0.1, 0.15) is 22.3 Å². The molecule has 2 aliphatic heterocycles. The number of nitriles is 1. The summed E-state index contributed by atoms with van der Waals surface area (Å²) in [4.78, 5) is 38.3. The van der Waals surface area contributed by atoms with Gasteiger partial charge in [0.1, 0.15) is 0 Å². The number of ether oxygens (including phenoxy) is 1. The molecule has 0 bridgehead atoms. The van der Waals surface area contributed by atoms with E-state index in [1.165, 1.54) is 6.07 Å². The van der Waals surface area contributed by atoms with Crippen molar-refractivity contribution in [2.75, 3.05) is 19.7 Å². The highest BCUT2D eigenvalue weighted by atomic mass is 16.6. The predicted octanol–water partition coefficient (Wildman–Crippen LogP) is 0.752. The molecule has 0 N–H and O–H groups in total. The predicted molar refractivity (Wildman–Crippen MR) is 73.7 cm³/mol. The summed E-state index contributed by atoms with van der Waals surface area (Å²) in [6.45, 7) is 0.515. The monoisotopic (exact) mass is 299 g/mol. The average molecular weight is 299 g/mol. The fraction of sp³-hybridized carbons (Fsp3) is 0.333. The standard InChI is InChI=1S/C15H13N3O4/c16-7-10-2-1-3-11(6-10)14(20)17-5-4-12(8-17)18-13(19)9-22-15(18)21/h1-3,6,12H,4-5,8-9H2. The van der Waals surface area contributed by atoms with Crippen LogP contribution in [-0.2, 0) is 9.53 Å². The average Bonchev–Trinajstić information content (AvgIpc) is 3.13. The zero-order chi connectivity index (χ0) is 15.7. The second-order valence-corrected chi connectivity index (χ2v) is 5.20. The van der Waals surface area contributed by atoms with Crippen molar-refractivity contribution in [1.29, 1.82) is 5.26 Å². The molecular weight excluding hydrogens is 286 g/mol. The molecule has 3 rings (SSSR count). The molecule has 7 nitrogen and oxygen atoms in total. The van der Waals surface area contributed by atoms with Gasteiger partial charge in [0.25, 0.3) is 11.8 Å². The number of rotatable bonds is 2. The van der Waals surface area contributed by atoms with Crippen LogP contribution < -0.4 is 0 Å². The van der Waals surface area contributed by atoms with Gasteiger partial charge in [-0.3, -0.25) is 9.59 Å². The zero-order valence-corrected chi connectivity index (χ0v) is 11.7. The molecule has 2 aliphatic rings. The third-order valence-corrected chi connectivity index (χ3v) is 3.84. The summed E-state index contributed by atoms with van der Waals surface area (Å²) >= 11 is 0. The highest BCUT2D eigenvalue weighted by Crippen LogP contribution is 2.21. The van der Waals surface area contributed by atoms with Gasteiger partial charge in [0, 0.05) is 18.7 Å². The van der Waals surface area contributed by atoms with Crippen molar-refractivity contribution in [3.63, 3.8) is 0 Å². The van der Waals surface area contributed by atoms with Gasteiger partial charge in [0.05, 0.1) is 17.7 Å².